The lowest BCUT2D eigenvalue weighted by molar-refractivity contribution is -0.153. The fourth-order valence-corrected chi connectivity index (χ4v) is 11.6. The van der Waals surface area contributed by atoms with E-state index in [1.807, 2.05) is 128 Å². The van der Waals surface area contributed by atoms with Gasteiger partial charge in [-0.15, -0.1) is 0 Å². The van der Waals surface area contributed by atoms with Gasteiger partial charge >= 0.3 is 5.97 Å². The monoisotopic (exact) mass is 1250 g/mol. The van der Waals surface area contributed by atoms with Gasteiger partial charge in [-0.25, -0.2) is 8.42 Å². The first-order valence-corrected chi connectivity index (χ1v) is 31.9. The fourth-order valence-electron chi connectivity index (χ4n) is 10.1. The van der Waals surface area contributed by atoms with Crippen molar-refractivity contribution in [3.8, 4) is 17.2 Å². The zero-order valence-electron chi connectivity index (χ0n) is 52.4. The van der Waals surface area contributed by atoms with Gasteiger partial charge in [0.1, 0.15) is 43.3 Å². The van der Waals surface area contributed by atoms with Crippen LogP contribution in [0.1, 0.15) is 103 Å². The number of benzene rings is 6. The van der Waals surface area contributed by atoms with Gasteiger partial charge < -0.3 is 57.8 Å². The largest absolute Gasteiger partial charge is 0.491 e. The second-order valence-corrected chi connectivity index (χ2v) is 25.6. The topological polar surface area (TPSA) is 218 Å². The van der Waals surface area contributed by atoms with Crippen LogP contribution < -0.4 is 30.3 Å². The fraction of sp³-hybridized carbons (Fsp3) is 0.400. The Morgan fingerprint density at radius 1 is 0.578 bits per heavy atom. The molecule has 7 aromatic rings. The van der Waals surface area contributed by atoms with Crippen LogP contribution in [-0.2, 0) is 61.8 Å². The summed E-state index contributed by atoms with van der Waals surface area (Å²) in [4.78, 5) is 52.8. The molecule has 1 aliphatic heterocycles. The van der Waals surface area contributed by atoms with Crippen molar-refractivity contribution < 1.29 is 65.4 Å². The highest BCUT2D eigenvalue weighted by Gasteiger charge is 2.31. The van der Waals surface area contributed by atoms with Crippen LogP contribution in [0.15, 0.2) is 161 Å². The molecule has 0 atom stereocenters. The number of sulfonamides is 1. The van der Waals surface area contributed by atoms with Crippen molar-refractivity contribution in [2.75, 3.05) is 104 Å². The molecule has 0 unspecified atom stereocenters. The lowest BCUT2D eigenvalue weighted by atomic mass is 9.85. The predicted octanol–water partition coefficient (Wildman–Crippen LogP) is 10.4. The molecule has 2 heterocycles. The molecule has 0 aliphatic carbocycles. The van der Waals surface area contributed by atoms with E-state index < -0.39 is 38.8 Å². The van der Waals surface area contributed by atoms with Crippen molar-refractivity contribution in [1.29, 1.82) is 0 Å². The van der Waals surface area contributed by atoms with Crippen LogP contribution in [0, 0.1) is 0 Å². The first-order valence-electron chi connectivity index (χ1n) is 30.5. The minimum Gasteiger partial charge on any atom is -0.491 e. The second-order valence-electron chi connectivity index (χ2n) is 23.6. The molecule has 19 nitrogen and oxygen atoms in total. The van der Waals surface area contributed by atoms with Crippen LogP contribution in [0.3, 0.4) is 0 Å². The van der Waals surface area contributed by atoms with Crippen molar-refractivity contribution in [2.45, 2.75) is 89.4 Å². The second kappa shape index (κ2) is 33.2. The van der Waals surface area contributed by atoms with Crippen molar-refractivity contribution in [1.82, 2.24) is 14.2 Å². The number of aromatic nitrogens is 1. The highest BCUT2D eigenvalue weighted by atomic mass is 32.2. The normalized spacial score (nSPS) is 13.2. The number of esters is 1. The molecule has 1 fully saturated rings. The molecule has 0 spiro atoms. The Hall–Kier alpha value is -7.95. The van der Waals surface area contributed by atoms with E-state index in [1.165, 1.54) is 28.6 Å². The van der Waals surface area contributed by atoms with Crippen LogP contribution in [0.4, 0.5) is 5.69 Å². The number of nitrogens with one attached hydrogen (secondary N) is 2. The molecule has 480 valence electrons. The molecule has 8 rings (SSSR count). The summed E-state index contributed by atoms with van der Waals surface area (Å²) in [6, 6.07) is 44.2. The summed E-state index contributed by atoms with van der Waals surface area (Å²) in [5.74, 6) is 0.232. The van der Waals surface area contributed by atoms with Crippen molar-refractivity contribution in [3.05, 3.63) is 195 Å². The van der Waals surface area contributed by atoms with Gasteiger partial charge in [0.25, 0.3) is 11.8 Å². The summed E-state index contributed by atoms with van der Waals surface area (Å²) < 4.78 is 82.7. The van der Waals surface area contributed by atoms with Crippen molar-refractivity contribution in [3.63, 3.8) is 0 Å². The van der Waals surface area contributed by atoms with Crippen LogP contribution in [0.5, 0.6) is 17.2 Å². The maximum Gasteiger partial charge on any atom is 0.325 e. The van der Waals surface area contributed by atoms with E-state index in [4.69, 9.17) is 42.6 Å². The minimum absolute atomic E-state index is 0.0263. The first-order chi connectivity index (χ1) is 43.3. The maximum atomic E-state index is 14.3. The Morgan fingerprint density at radius 2 is 1.11 bits per heavy atom. The van der Waals surface area contributed by atoms with Gasteiger partial charge in [-0.2, -0.15) is 4.31 Å². The lowest BCUT2D eigenvalue weighted by Gasteiger charge is -2.31. The third kappa shape index (κ3) is 20.5. The summed E-state index contributed by atoms with van der Waals surface area (Å²) >= 11 is 0. The molecule has 0 bridgehead atoms. The number of carbonyl (C=O) groups is 3. The standard InChI is InChI=1S/C70H84N4O15S/c1-69(2,3)60-45-63(64(88-50-52-17-11-8-12-18-52)46-61(60)72-68(78)59-49-73(48-51-15-9-7-10-16-51)62-20-14-13-19-58(62)66(59)76)87-44-42-85-40-38-83-36-34-81-33-35-82-37-39-84-41-43-86-56-25-21-53(22-26-56)54-29-31-74(32-30-54)90(79,80)57-27-23-55(24-28-57)67(77)71-47-65(75)89-70(4,5)6/h7-28,45-46,49,54H,29-44,47-48,50H2,1-6H3,(H,71,77)(H,72,78). The number of nitrogens with zero attached hydrogens (tertiary/aromatic N) is 2. The molecule has 90 heavy (non-hydrogen) atoms. The van der Waals surface area contributed by atoms with Gasteiger partial charge in [0.15, 0.2) is 11.5 Å². The number of pyridine rings is 1. The summed E-state index contributed by atoms with van der Waals surface area (Å²) in [5, 5.41) is 6.04. The first kappa shape index (κ1) is 68.0. The maximum absolute atomic E-state index is 14.3. The van der Waals surface area contributed by atoms with Crippen LogP contribution in [0.2, 0.25) is 0 Å². The van der Waals surface area contributed by atoms with Gasteiger partial charge in [-0.1, -0.05) is 106 Å². The molecule has 2 N–H and O–H groups in total. The van der Waals surface area contributed by atoms with E-state index in [1.54, 1.807) is 45.2 Å². The lowest BCUT2D eigenvalue weighted by Crippen LogP contribution is -2.38. The number of para-hydroxylation sites is 1. The van der Waals surface area contributed by atoms with E-state index in [-0.39, 0.29) is 53.7 Å². The van der Waals surface area contributed by atoms with Gasteiger partial charge in [-0.05, 0) is 122 Å². The Labute approximate surface area is 527 Å². The Kier molecular flexibility index (Phi) is 25.1. The molecule has 6 aromatic carbocycles. The number of hydrogen-bond acceptors (Lipinski definition) is 15. The van der Waals surface area contributed by atoms with E-state index in [2.05, 4.69) is 10.6 Å². The van der Waals surface area contributed by atoms with Crippen LogP contribution in [-0.4, -0.2) is 140 Å². The molecule has 0 radical (unpaired) electrons. The summed E-state index contributed by atoms with van der Waals surface area (Å²) in [5.41, 5.74) is 3.93. The molecule has 0 saturated carbocycles. The zero-order chi connectivity index (χ0) is 63.9. The van der Waals surface area contributed by atoms with Gasteiger partial charge in [0, 0.05) is 48.5 Å². The highest BCUT2D eigenvalue weighted by molar-refractivity contribution is 7.89. The zero-order valence-corrected chi connectivity index (χ0v) is 53.2. The van der Waals surface area contributed by atoms with E-state index >= 15 is 0 Å². The number of fused-ring (bicyclic) bond motifs is 1. The molecular formula is C70H84N4O15S. The number of amides is 2. The number of anilines is 1. The number of hydrogen-bond donors (Lipinski definition) is 2. The Morgan fingerprint density at radius 3 is 1.69 bits per heavy atom. The van der Waals surface area contributed by atoms with Crippen molar-refractivity contribution in [2.24, 2.45) is 0 Å². The molecule has 2 amide bonds. The van der Waals surface area contributed by atoms with E-state index in [9.17, 15) is 27.6 Å². The molecule has 20 heteroatoms. The quantitative estimate of drug-likeness (QED) is 0.0289. The third-order valence-electron chi connectivity index (χ3n) is 14.6. The van der Waals surface area contributed by atoms with Gasteiger partial charge in [-0.3, -0.25) is 19.2 Å². The average Bonchev–Trinajstić information content (AvgIpc) is 0.828. The number of piperidine rings is 1. The number of carbonyl (C=O) groups excluding carboxylic acids is 3. The Balaban J connectivity index is 0.671. The molecule has 1 aliphatic rings. The summed E-state index contributed by atoms with van der Waals surface area (Å²) in [6.07, 6.45) is 2.97. The minimum atomic E-state index is -3.76. The van der Waals surface area contributed by atoms with Gasteiger partial charge in [0.2, 0.25) is 15.5 Å². The van der Waals surface area contributed by atoms with Crippen molar-refractivity contribution >= 4 is 44.4 Å². The summed E-state index contributed by atoms with van der Waals surface area (Å²) in [6.45, 7) is 17.0. The smallest absolute Gasteiger partial charge is 0.325 e. The molecule has 1 aromatic heterocycles. The molecule has 1 saturated heterocycles. The highest BCUT2D eigenvalue weighted by Crippen LogP contribution is 2.40. The Bertz CT molecular complexity index is 3600. The molecular weight excluding hydrogens is 1170 g/mol. The van der Waals surface area contributed by atoms with Gasteiger partial charge in [0.05, 0.1) is 76.5 Å². The predicted molar refractivity (Wildman–Crippen MR) is 345 cm³/mol. The van der Waals surface area contributed by atoms with E-state index in [0.29, 0.717) is 127 Å². The van der Waals surface area contributed by atoms with E-state index in [0.717, 1.165) is 27.8 Å². The van der Waals surface area contributed by atoms with Crippen LogP contribution in [0.25, 0.3) is 10.9 Å². The third-order valence-corrected chi connectivity index (χ3v) is 16.6. The SMILES string of the molecule is CC(C)(C)OC(=O)CNC(=O)c1ccc(S(=O)(=O)N2CCC(c3ccc(OCCOCCOCCOCCOCCOCCOc4cc(C(C)(C)C)c(NC(=O)c5cn(Cc6ccccc6)c6ccccc6c5=O)cc4OCc4ccccc4)cc3)CC2)cc1. The number of rotatable bonds is 33. The van der Waals surface area contributed by atoms with Crippen LogP contribution >= 0.6 is 0 Å². The average molecular weight is 1250 g/mol. The summed E-state index contributed by atoms with van der Waals surface area (Å²) in [7, 11) is -3.76. The number of ether oxygens (including phenoxy) is 9.